The lowest BCUT2D eigenvalue weighted by Crippen LogP contribution is -2.31. The van der Waals surface area contributed by atoms with E-state index in [0.29, 0.717) is 17.3 Å². The molecule has 0 spiro atoms. The molecule has 1 aliphatic rings. The second kappa shape index (κ2) is 6.46. The predicted octanol–water partition coefficient (Wildman–Crippen LogP) is 2.85. The monoisotopic (exact) mass is 317 g/mol. The van der Waals surface area contributed by atoms with Crippen molar-refractivity contribution in [2.24, 2.45) is 0 Å². The van der Waals surface area contributed by atoms with Crippen molar-refractivity contribution in [1.82, 2.24) is 9.69 Å². The second-order valence-electron chi connectivity index (χ2n) is 5.23. The summed E-state index contributed by atoms with van der Waals surface area (Å²) in [5, 5.41) is 3.34. The van der Waals surface area contributed by atoms with Crippen LogP contribution in [-0.2, 0) is 0 Å². The lowest BCUT2D eigenvalue weighted by atomic mass is 10.0. The van der Waals surface area contributed by atoms with E-state index in [0.717, 1.165) is 18.5 Å². The number of aromatic nitrogens is 1. The highest BCUT2D eigenvalue weighted by molar-refractivity contribution is 7.08. The summed E-state index contributed by atoms with van der Waals surface area (Å²) in [5.41, 5.74) is 2.16. The largest absolute Gasteiger partial charge is 0.480 e. The average Bonchev–Trinajstić information content (AvgIpc) is 2.96. The third kappa shape index (κ3) is 2.71. The van der Waals surface area contributed by atoms with Gasteiger partial charge < -0.3 is 15.0 Å². The molecule has 0 bridgehead atoms. The number of hydrogen-bond acceptors (Lipinski definition) is 5. The molecule has 1 aliphatic heterocycles. The van der Waals surface area contributed by atoms with Crippen molar-refractivity contribution in [3.05, 3.63) is 40.8 Å². The minimum atomic E-state index is -0.00926. The van der Waals surface area contributed by atoms with Crippen LogP contribution in [0, 0.1) is 0 Å². The lowest BCUT2D eigenvalue weighted by molar-refractivity contribution is 0.0990. The molecule has 0 saturated carbocycles. The highest BCUT2D eigenvalue weighted by Crippen LogP contribution is 2.34. The Labute approximate surface area is 134 Å². The topological polar surface area (TPSA) is 54.5 Å². The summed E-state index contributed by atoms with van der Waals surface area (Å²) >= 11 is 1.18. The van der Waals surface area contributed by atoms with E-state index in [4.69, 9.17) is 4.74 Å². The van der Waals surface area contributed by atoms with Crippen LogP contribution in [0.5, 0.6) is 5.88 Å². The molecule has 6 heteroatoms. The number of amides is 1. The molecule has 0 radical (unpaired) electrons. The van der Waals surface area contributed by atoms with Gasteiger partial charge in [-0.1, -0.05) is 18.2 Å². The van der Waals surface area contributed by atoms with Crippen molar-refractivity contribution >= 4 is 23.1 Å². The Morgan fingerprint density at radius 3 is 3.00 bits per heavy atom. The molecule has 5 nitrogen and oxygen atoms in total. The van der Waals surface area contributed by atoms with Crippen LogP contribution in [0.15, 0.2) is 30.3 Å². The number of fused-ring (bicyclic) bond motifs is 1. The molecule has 22 heavy (non-hydrogen) atoms. The summed E-state index contributed by atoms with van der Waals surface area (Å²) in [6.07, 6.45) is 1.98. The summed E-state index contributed by atoms with van der Waals surface area (Å²) in [6, 6.07) is 10.1. The summed E-state index contributed by atoms with van der Waals surface area (Å²) in [6.45, 7) is 0.717. The molecule has 1 aromatic heterocycles. The Hall–Kier alpha value is -1.92. The fourth-order valence-corrected chi connectivity index (χ4v) is 3.51. The first-order valence-corrected chi connectivity index (χ1v) is 8.10. The first kappa shape index (κ1) is 15.0. The maximum Gasteiger partial charge on any atom is 0.270 e. The minimum Gasteiger partial charge on any atom is -0.480 e. The quantitative estimate of drug-likeness (QED) is 0.946. The minimum absolute atomic E-state index is 0.00926. The van der Waals surface area contributed by atoms with Gasteiger partial charge in [-0.2, -0.15) is 4.37 Å². The van der Waals surface area contributed by atoms with Gasteiger partial charge in [-0.15, -0.1) is 0 Å². The molecule has 1 N–H and O–H groups in total. The van der Waals surface area contributed by atoms with Crippen molar-refractivity contribution in [1.29, 1.82) is 0 Å². The molecule has 1 atom stereocenters. The number of anilines is 1. The van der Waals surface area contributed by atoms with Crippen molar-refractivity contribution in [2.45, 2.75) is 18.9 Å². The third-order valence-corrected chi connectivity index (χ3v) is 4.74. The van der Waals surface area contributed by atoms with Gasteiger partial charge in [0.15, 0.2) is 0 Å². The number of nitrogens with zero attached hydrogens (tertiary/aromatic N) is 2. The van der Waals surface area contributed by atoms with E-state index in [1.165, 1.54) is 17.1 Å². The van der Waals surface area contributed by atoms with Crippen LogP contribution < -0.4 is 15.0 Å². The van der Waals surface area contributed by atoms with Crippen LogP contribution >= 0.6 is 11.5 Å². The zero-order valence-corrected chi connectivity index (χ0v) is 13.5. The Morgan fingerprint density at radius 2 is 2.27 bits per heavy atom. The summed E-state index contributed by atoms with van der Waals surface area (Å²) < 4.78 is 9.20. The second-order valence-corrected chi connectivity index (χ2v) is 6.04. The molecule has 1 amide bonds. The molecule has 0 fully saturated rings. The first-order chi connectivity index (χ1) is 10.7. The number of ether oxygens (including phenoxy) is 1. The standard InChI is InChI=1S/C16H19N3O2S/c1-17-12-7-5-9-19(13-8-4-3-6-11(12)13)16(20)14-10-15(21-2)18-22-14/h3-4,6,8,10,12,17H,5,7,9H2,1-2H3. The fraction of sp³-hybridized carbons (Fsp3) is 0.375. The number of benzene rings is 1. The third-order valence-electron chi connectivity index (χ3n) is 3.98. The fourth-order valence-electron chi connectivity index (χ4n) is 2.86. The van der Waals surface area contributed by atoms with Crippen LogP contribution in [0.25, 0.3) is 0 Å². The predicted molar refractivity (Wildman–Crippen MR) is 87.8 cm³/mol. The van der Waals surface area contributed by atoms with Crippen LogP contribution in [0.3, 0.4) is 0 Å². The van der Waals surface area contributed by atoms with E-state index in [1.807, 2.05) is 30.1 Å². The number of para-hydroxylation sites is 1. The SMILES string of the molecule is CNC1CCCN(C(=O)c2cc(OC)ns2)c2ccccc21. The highest BCUT2D eigenvalue weighted by atomic mass is 32.1. The molecule has 2 aromatic rings. The number of methoxy groups -OCH3 is 1. The molecule has 0 saturated heterocycles. The van der Waals surface area contributed by atoms with E-state index >= 15 is 0 Å². The van der Waals surface area contributed by atoms with E-state index in [2.05, 4.69) is 15.8 Å². The van der Waals surface area contributed by atoms with Gasteiger partial charge in [0, 0.05) is 24.3 Å². The zero-order valence-electron chi connectivity index (χ0n) is 12.7. The Kier molecular flexibility index (Phi) is 4.40. The van der Waals surface area contributed by atoms with E-state index in [-0.39, 0.29) is 11.9 Å². The van der Waals surface area contributed by atoms with Crippen LogP contribution in [0.2, 0.25) is 0 Å². The number of carbonyl (C=O) groups excluding carboxylic acids is 1. The van der Waals surface area contributed by atoms with Gasteiger partial charge in [-0.3, -0.25) is 4.79 Å². The number of hydrogen-bond donors (Lipinski definition) is 1. The highest BCUT2D eigenvalue weighted by Gasteiger charge is 2.27. The normalized spacial score (nSPS) is 17.7. The Bertz CT molecular complexity index is 671. The van der Waals surface area contributed by atoms with Gasteiger partial charge in [0.05, 0.1) is 7.11 Å². The molecular formula is C16H19N3O2S. The van der Waals surface area contributed by atoms with Gasteiger partial charge in [0.2, 0.25) is 5.88 Å². The molecule has 3 rings (SSSR count). The molecule has 0 aliphatic carbocycles. The van der Waals surface area contributed by atoms with Crippen LogP contribution in [0.1, 0.15) is 34.1 Å². The number of carbonyl (C=O) groups is 1. The first-order valence-electron chi connectivity index (χ1n) is 7.33. The zero-order chi connectivity index (χ0) is 15.5. The van der Waals surface area contributed by atoms with Gasteiger partial charge in [0.25, 0.3) is 5.91 Å². The maximum absolute atomic E-state index is 12.9. The van der Waals surface area contributed by atoms with Crippen molar-refractivity contribution in [3.8, 4) is 5.88 Å². The van der Waals surface area contributed by atoms with Crippen molar-refractivity contribution < 1.29 is 9.53 Å². The molecule has 1 aromatic carbocycles. The summed E-state index contributed by atoms with van der Waals surface area (Å²) in [4.78, 5) is 15.3. The molecule has 2 heterocycles. The smallest absolute Gasteiger partial charge is 0.270 e. The van der Waals surface area contributed by atoms with E-state index in [1.54, 1.807) is 13.2 Å². The van der Waals surface area contributed by atoms with Crippen molar-refractivity contribution in [2.75, 3.05) is 25.6 Å². The molecule has 116 valence electrons. The Morgan fingerprint density at radius 1 is 1.45 bits per heavy atom. The molecular weight excluding hydrogens is 298 g/mol. The van der Waals surface area contributed by atoms with E-state index in [9.17, 15) is 4.79 Å². The van der Waals surface area contributed by atoms with Crippen LogP contribution in [-0.4, -0.2) is 31.0 Å². The molecule has 1 unspecified atom stereocenters. The van der Waals surface area contributed by atoms with E-state index < -0.39 is 0 Å². The number of nitrogens with one attached hydrogen (secondary N) is 1. The number of rotatable bonds is 3. The lowest BCUT2D eigenvalue weighted by Gasteiger charge is -2.23. The van der Waals surface area contributed by atoms with Gasteiger partial charge in [0.1, 0.15) is 4.88 Å². The average molecular weight is 317 g/mol. The van der Waals surface area contributed by atoms with Gasteiger partial charge in [-0.25, -0.2) is 0 Å². The van der Waals surface area contributed by atoms with Gasteiger partial charge >= 0.3 is 0 Å². The summed E-state index contributed by atoms with van der Waals surface area (Å²) in [7, 11) is 3.52. The van der Waals surface area contributed by atoms with Crippen LogP contribution in [0.4, 0.5) is 5.69 Å². The Balaban J connectivity index is 1.97. The maximum atomic E-state index is 12.9. The van der Waals surface area contributed by atoms with Crippen molar-refractivity contribution in [3.63, 3.8) is 0 Å². The summed E-state index contributed by atoms with van der Waals surface area (Å²) in [5.74, 6) is 0.481. The van der Waals surface area contributed by atoms with Gasteiger partial charge in [-0.05, 0) is 43.1 Å².